The molecular weight excluding hydrogens is 392 g/mol. The quantitative estimate of drug-likeness (QED) is 0.565. The average Bonchev–Trinajstić information content (AvgIpc) is 3.02. The van der Waals surface area contributed by atoms with E-state index in [0.29, 0.717) is 22.5 Å². The molecule has 1 aromatic heterocycles. The van der Waals surface area contributed by atoms with Gasteiger partial charge in [0.15, 0.2) is 4.80 Å². The van der Waals surface area contributed by atoms with Crippen LogP contribution >= 0.6 is 23.1 Å². The normalized spacial score (nSPS) is 11.8. The molecule has 146 valence electrons. The molecule has 3 aromatic rings. The number of nitrogens with zero attached hydrogens (tertiary/aromatic N) is 2. The number of hydrogen-bond donors (Lipinski definition) is 0. The summed E-state index contributed by atoms with van der Waals surface area (Å²) < 4.78 is 8.04. The minimum Gasteiger partial charge on any atom is -0.462 e. The summed E-state index contributed by atoms with van der Waals surface area (Å²) in [5.41, 5.74) is 3.06. The third-order valence-electron chi connectivity index (χ3n) is 4.18. The van der Waals surface area contributed by atoms with E-state index < -0.39 is 0 Å². The fourth-order valence-corrected chi connectivity index (χ4v) is 4.29. The van der Waals surface area contributed by atoms with E-state index in [9.17, 15) is 9.59 Å². The van der Waals surface area contributed by atoms with Crippen LogP contribution in [0.3, 0.4) is 0 Å². The molecule has 5 nitrogen and oxygen atoms in total. The summed E-state index contributed by atoms with van der Waals surface area (Å²) in [5, 5.41) is 0. The highest BCUT2D eigenvalue weighted by atomic mass is 32.2. The number of aromatic nitrogens is 1. The van der Waals surface area contributed by atoms with Gasteiger partial charge in [-0.15, -0.1) is 0 Å². The number of benzene rings is 2. The molecule has 0 aliphatic rings. The highest BCUT2D eigenvalue weighted by Gasteiger charge is 2.13. The molecule has 0 aliphatic heterocycles. The maximum atomic E-state index is 12.7. The molecule has 0 atom stereocenters. The van der Waals surface area contributed by atoms with Crippen LogP contribution in [-0.2, 0) is 11.3 Å². The fraction of sp³-hybridized carbons (Fsp3) is 0.286. The SMILES string of the molecule is CCOC(=O)c1ccc2c(c1)sc(=NC(=O)c1cccc(C)c1)n2CCSC. The second-order valence-corrected chi connectivity index (χ2v) is 8.21. The van der Waals surface area contributed by atoms with Gasteiger partial charge in [-0.05, 0) is 50.4 Å². The minimum absolute atomic E-state index is 0.265. The zero-order valence-corrected chi connectivity index (χ0v) is 17.7. The molecule has 0 fully saturated rings. The Hall–Kier alpha value is -2.38. The van der Waals surface area contributed by atoms with Crippen molar-refractivity contribution in [1.82, 2.24) is 4.57 Å². The van der Waals surface area contributed by atoms with Gasteiger partial charge < -0.3 is 9.30 Å². The monoisotopic (exact) mass is 414 g/mol. The summed E-state index contributed by atoms with van der Waals surface area (Å²) in [6.07, 6.45) is 2.04. The number of thiazole rings is 1. The van der Waals surface area contributed by atoms with Gasteiger partial charge in [-0.3, -0.25) is 4.79 Å². The molecule has 7 heteroatoms. The maximum absolute atomic E-state index is 12.7. The first-order chi connectivity index (χ1) is 13.5. The Morgan fingerprint density at radius 2 is 2.00 bits per heavy atom. The number of amides is 1. The van der Waals surface area contributed by atoms with Crippen LogP contribution < -0.4 is 4.80 Å². The molecule has 1 amide bonds. The third-order valence-corrected chi connectivity index (χ3v) is 5.81. The molecule has 28 heavy (non-hydrogen) atoms. The Kier molecular flexibility index (Phi) is 6.70. The van der Waals surface area contributed by atoms with Crippen LogP contribution in [0.5, 0.6) is 0 Å². The first-order valence-electron chi connectivity index (χ1n) is 8.98. The van der Waals surface area contributed by atoms with E-state index in [0.717, 1.165) is 28.1 Å². The Morgan fingerprint density at radius 1 is 1.18 bits per heavy atom. The van der Waals surface area contributed by atoms with Gasteiger partial charge in [-0.25, -0.2) is 4.79 Å². The number of aryl methyl sites for hydroxylation is 2. The van der Waals surface area contributed by atoms with Crippen molar-refractivity contribution < 1.29 is 14.3 Å². The lowest BCUT2D eigenvalue weighted by Gasteiger charge is -2.05. The van der Waals surface area contributed by atoms with Crippen LogP contribution in [0.1, 0.15) is 33.2 Å². The molecule has 0 unspecified atom stereocenters. The number of ether oxygens (including phenoxy) is 1. The van der Waals surface area contributed by atoms with Crippen molar-refractivity contribution in [3.63, 3.8) is 0 Å². The predicted molar refractivity (Wildman–Crippen MR) is 115 cm³/mol. The van der Waals surface area contributed by atoms with Crippen LogP contribution in [-0.4, -0.2) is 35.1 Å². The van der Waals surface area contributed by atoms with Gasteiger partial charge in [0.2, 0.25) is 0 Å². The third kappa shape index (κ3) is 4.54. The molecule has 0 saturated heterocycles. The summed E-state index contributed by atoms with van der Waals surface area (Å²) >= 11 is 3.14. The van der Waals surface area contributed by atoms with Crippen LogP contribution in [0.4, 0.5) is 0 Å². The van der Waals surface area contributed by atoms with Gasteiger partial charge in [-0.1, -0.05) is 29.0 Å². The molecule has 2 aromatic carbocycles. The molecule has 0 aliphatic carbocycles. The van der Waals surface area contributed by atoms with E-state index in [1.54, 1.807) is 30.8 Å². The van der Waals surface area contributed by atoms with Crippen molar-refractivity contribution in [2.75, 3.05) is 18.6 Å². The molecule has 1 heterocycles. The number of fused-ring (bicyclic) bond motifs is 1. The average molecular weight is 415 g/mol. The summed E-state index contributed by atoms with van der Waals surface area (Å²) in [4.78, 5) is 29.7. The molecule has 0 bridgehead atoms. The Morgan fingerprint density at radius 3 is 2.71 bits per heavy atom. The van der Waals surface area contributed by atoms with E-state index in [1.807, 2.05) is 48.1 Å². The van der Waals surface area contributed by atoms with Crippen molar-refractivity contribution in [2.45, 2.75) is 20.4 Å². The number of carbonyl (C=O) groups is 2. The second kappa shape index (κ2) is 9.21. The largest absolute Gasteiger partial charge is 0.462 e. The van der Waals surface area contributed by atoms with Crippen molar-refractivity contribution in [1.29, 1.82) is 0 Å². The molecular formula is C21H22N2O3S2. The van der Waals surface area contributed by atoms with Gasteiger partial charge in [0.25, 0.3) is 5.91 Å². The second-order valence-electron chi connectivity index (χ2n) is 6.22. The van der Waals surface area contributed by atoms with Crippen molar-refractivity contribution in [2.24, 2.45) is 4.99 Å². The molecule has 0 N–H and O–H groups in total. The highest BCUT2D eigenvalue weighted by Crippen LogP contribution is 2.20. The van der Waals surface area contributed by atoms with E-state index in [4.69, 9.17) is 4.74 Å². The van der Waals surface area contributed by atoms with Crippen molar-refractivity contribution in [3.05, 3.63) is 64.0 Å². The number of carbonyl (C=O) groups excluding carboxylic acids is 2. The van der Waals surface area contributed by atoms with Gasteiger partial charge in [0.05, 0.1) is 22.4 Å². The summed E-state index contributed by atoms with van der Waals surface area (Å²) in [6, 6.07) is 12.9. The van der Waals surface area contributed by atoms with Gasteiger partial charge in [0.1, 0.15) is 0 Å². The van der Waals surface area contributed by atoms with Crippen molar-refractivity contribution in [3.8, 4) is 0 Å². The lowest BCUT2D eigenvalue weighted by Crippen LogP contribution is -2.18. The van der Waals surface area contributed by atoms with Crippen LogP contribution in [0.25, 0.3) is 10.2 Å². The molecule has 0 spiro atoms. The number of hydrogen-bond acceptors (Lipinski definition) is 5. The van der Waals surface area contributed by atoms with Gasteiger partial charge in [0, 0.05) is 17.9 Å². The lowest BCUT2D eigenvalue weighted by molar-refractivity contribution is 0.0526. The van der Waals surface area contributed by atoms with E-state index >= 15 is 0 Å². The summed E-state index contributed by atoms with van der Waals surface area (Å²) in [7, 11) is 0. The van der Waals surface area contributed by atoms with E-state index in [-0.39, 0.29) is 11.9 Å². The highest BCUT2D eigenvalue weighted by molar-refractivity contribution is 7.98. The fourth-order valence-electron chi connectivity index (χ4n) is 2.83. The van der Waals surface area contributed by atoms with Crippen LogP contribution in [0, 0.1) is 6.92 Å². The van der Waals surface area contributed by atoms with Crippen molar-refractivity contribution >= 4 is 45.2 Å². The number of rotatable bonds is 6. The van der Waals surface area contributed by atoms with Crippen LogP contribution in [0.2, 0.25) is 0 Å². The summed E-state index contributed by atoms with van der Waals surface area (Å²) in [6.45, 7) is 4.80. The standard InChI is InChI=1S/C21H22N2O3S2/c1-4-26-20(25)16-8-9-17-18(13-16)28-21(23(17)10-11-27-3)22-19(24)15-7-5-6-14(2)12-15/h5-9,12-13H,4,10-11H2,1-3H3. The Labute approximate surface area is 172 Å². The van der Waals surface area contributed by atoms with Gasteiger partial charge >= 0.3 is 5.97 Å². The van der Waals surface area contributed by atoms with E-state index in [1.165, 1.54) is 11.3 Å². The molecule has 0 saturated carbocycles. The minimum atomic E-state index is -0.345. The Balaban J connectivity index is 2.08. The van der Waals surface area contributed by atoms with Crippen LogP contribution in [0.15, 0.2) is 47.5 Å². The lowest BCUT2D eigenvalue weighted by atomic mass is 10.1. The molecule has 0 radical (unpaired) electrons. The Bertz CT molecular complexity index is 1080. The first-order valence-corrected chi connectivity index (χ1v) is 11.2. The first kappa shape index (κ1) is 20.4. The maximum Gasteiger partial charge on any atom is 0.338 e. The zero-order valence-electron chi connectivity index (χ0n) is 16.1. The smallest absolute Gasteiger partial charge is 0.338 e. The topological polar surface area (TPSA) is 60.7 Å². The van der Waals surface area contributed by atoms with Gasteiger partial charge in [-0.2, -0.15) is 16.8 Å². The summed E-state index contributed by atoms with van der Waals surface area (Å²) in [5.74, 6) is 0.290. The molecule has 3 rings (SSSR count). The zero-order chi connectivity index (χ0) is 20.1. The predicted octanol–water partition coefficient (Wildman–Crippen LogP) is 4.29. The number of esters is 1. The number of thioether (sulfide) groups is 1. The van der Waals surface area contributed by atoms with E-state index in [2.05, 4.69) is 4.99 Å².